The summed E-state index contributed by atoms with van der Waals surface area (Å²) in [6, 6.07) is 8.29. The highest BCUT2D eigenvalue weighted by Gasteiger charge is 2.11. The summed E-state index contributed by atoms with van der Waals surface area (Å²) in [5.74, 6) is 0. The summed E-state index contributed by atoms with van der Waals surface area (Å²) in [5.41, 5.74) is 6.14. The van der Waals surface area contributed by atoms with Crippen LogP contribution in [-0.4, -0.2) is 18.8 Å². The minimum atomic E-state index is 0.913. The Morgan fingerprint density at radius 3 is 1.67 bits per heavy atom. The van der Waals surface area contributed by atoms with Gasteiger partial charge in [-0.15, -0.1) is 0 Å². The fourth-order valence-corrected chi connectivity index (χ4v) is 2.35. The van der Waals surface area contributed by atoms with Crippen LogP contribution in [-0.2, 0) is 0 Å². The molecule has 0 saturated carbocycles. The van der Waals surface area contributed by atoms with Crippen molar-refractivity contribution in [3.8, 4) is 0 Å². The van der Waals surface area contributed by atoms with Gasteiger partial charge in [0.15, 0.2) is 11.3 Å². The van der Waals surface area contributed by atoms with Crippen molar-refractivity contribution in [2.24, 2.45) is 0 Å². The number of imidazole rings is 2. The lowest BCUT2D eigenvalue weighted by Gasteiger charge is -1.95. The van der Waals surface area contributed by atoms with Crippen molar-refractivity contribution in [2.45, 2.75) is 13.8 Å². The van der Waals surface area contributed by atoms with Gasteiger partial charge in [0, 0.05) is 12.4 Å². The monoisotopic (exact) mass is 236 g/mol. The maximum absolute atomic E-state index is 4.66. The number of fused-ring (bicyclic) bond motifs is 5. The average Bonchev–Trinajstić information content (AvgIpc) is 2.83. The SMILES string of the molecule is Cc1ccn2c(c1)nc1c2nc2cc(C)ccn21. The van der Waals surface area contributed by atoms with E-state index in [9.17, 15) is 0 Å². The van der Waals surface area contributed by atoms with Crippen LogP contribution in [0.15, 0.2) is 36.7 Å². The van der Waals surface area contributed by atoms with Gasteiger partial charge in [0.1, 0.15) is 11.3 Å². The molecular weight excluding hydrogens is 224 g/mol. The molecule has 0 radical (unpaired) electrons. The minimum absolute atomic E-state index is 0.913. The molecule has 18 heavy (non-hydrogen) atoms. The number of hydrogen-bond acceptors (Lipinski definition) is 2. The number of hydrogen-bond donors (Lipinski definition) is 0. The number of nitrogens with zero attached hydrogens (tertiary/aromatic N) is 4. The zero-order chi connectivity index (χ0) is 12.3. The van der Waals surface area contributed by atoms with Crippen molar-refractivity contribution in [3.63, 3.8) is 0 Å². The van der Waals surface area contributed by atoms with Gasteiger partial charge in [0.25, 0.3) is 0 Å². The largest absolute Gasteiger partial charge is 0.283 e. The van der Waals surface area contributed by atoms with E-state index in [1.807, 2.05) is 21.2 Å². The van der Waals surface area contributed by atoms with Gasteiger partial charge < -0.3 is 0 Å². The lowest BCUT2D eigenvalue weighted by atomic mass is 10.3. The molecule has 0 amide bonds. The van der Waals surface area contributed by atoms with Crippen molar-refractivity contribution in [1.29, 1.82) is 0 Å². The normalized spacial score (nSPS) is 11.9. The Labute approximate surface area is 104 Å². The molecular formula is C14H12N4. The molecule has 88 valence electrons. The Balaban J connectivity index is 2.23. The van der Waals surface area contributed by atoms with Gasteiger partial charge in [-0.25, -0.2) is 9.97 Å². The van der Waals surface area contributed by atoms with Crippen LogP contribution in [0.3, 0.4) is 0 Å². The maximum Gasteiger partial charge on any atom is 0.184 e. The van der Waals surface area contributed by atoms with Gasteiger partial charge in [-0.3, -0.25) is 8.80 Å². The number of aromatic nitrogens is 4. The molecule has 4 nitrogen and oxygen atoms in total. The molecule has 0 unspecified atom stereocenters. The predicted molar refractivity (Wildman–Crippen MR) is 70.9 cm³/mol. The van der Waals surface area contributed by atoms with Crippen molar-refractivity contribution in [1.82, 2.24) is 18.8 Å². The Hall–Kier alpha value is -2.36. The summed E-state index contributed by atoms with van der Waals surface area (Å²) in [7, 11) is 0. The van der Waals surface area contributed by atoms with Crippen LogP contribution in [0.5, 0.6) is 0 Å². The highest BCUT2D eigenvalue weighted by molar-refractivity contribution is 5.78. The first kappa shape index (κ1) is 9.65. The van der Waals surface area contributed by atoms with Gasteiger partial charge >= 0.3 is 0 Å². The molecule has 0 aliphatic heterocycles. The van der Waals surface area contributed by atoms with Gasteiger partial charge in [0.2, 0.25) is 0 Å². The van der Waals surface area contributed by atoms with Crippen LogP contribution in [0.4, 0.5) is 0 Å². The highest BCUT2D eigenvalue weighted by Crippen LogP contribution is 2.19. The predicted octanol–water partition coefficient (Wildman–Crippen LogP) is 2.75. The van der Waals surface area contributed by atoms with E-state index in [0.29, 0.717) is 0 Å². The van der Waals surface area contributed by atoms with E-state index in [2.05, 4.69) is 48.1 Å². The van der Waals surface area contributed by atoms with Crippen molar-refractivity contribution >= 4 is 22.6 Å². The molecule has 4 heterocycles. The molecule has 0 atom stereocenters. The van der Waals surface area contributed by atoms with Gasteiger partial charge in [0.05, 0.1) is 0 Å². The smallest absolute Gasteiger partial charge is 0.184 e. The molecule has 0 spiro atoms. The first-order chi connectivity index (χ1) is 8.72. The standard InChI is InChI=1S/C14H12N4/c1-9-3-5-17-11(7-9)15-13-14(17)16-12-8-10(2)4-6-18(12)13/h3-8H,1-2H3. The van der Waals surface area contributed by atoms with Gasteiger partial charge in [-0.1, -0.05) is 0 Å². The van der Waals surface area contributed by atoms with E-state index in [1.165, 1.54) is 11.1 Å². The summed E-state index contributed by atoms with van der Waals surface area (Å²) < 4.78 is 4.06. The van der Waals surface area contributed by atoms with E-state index < -0.39 is 0 Å². The van der Waals surface area contributed by atoms with E-state index >= 15 is 0 Å². The van der Waals surface area contributed by atoms with Crippen LogP contribution >= 0.6 is 0 Å². The Morgan fingerprint density at radius 1 is 0.778 bits per heavy atom. The number of aryl methyl sites for hydroxylation is 2. The zero-order valence-corrected chi connectivity index (χ0v) is 10.3. The Kier molecular flexibility index (Phi) is 1.66. The topological polar surface area (TPSA) is 34.6 Å². The summed E-state index contributed by atoms with van der Waals surface area (Å²) in [4.78, 5) is 9.31. The second-order valence-corrected chi connectivity index (χ2v) is 4.74. The highest BCUT2D eigenvalue weighted by atomic mass is 15.2. The summed E-state index contributed by atoms with van der Waals surface area (Å²) in [5, 5.41) is 0. The molecule has 0 aromatic carbocycles. The first-order valence-electron chi connectivity index (χ1n) is 5.95. The molecule has 0 N–H and O–H groups in total. The third-order valence-electron chi connectivity index (χ3n) is 3.28. The molecule has 0 aliphatic rings. The molecule has 4 heteroatoms. The molecule has 4 rings (SSSR count). The second-order valence-electron chi connectivity index (χ2n) is 4.74. The van der Waals surface area contributed by atoms with Crippen molar-refractivity contribution in [3.05, 3.63) is 47.8 Å². The fraction of sp³-hybridized carbons (Fsp3) is 0.143. The first-order valence-corrected chi connectivity index (χ1v) is 5.95. The van der Waals surface area contributed by atoms with Gasteiger partial charge in [-0.05, 0) is 49.2 Å². The molecule has 0 bridgehead atoms. The van der Waals surface area contributed by atoms with E-state index in [0.717, 1.165) is 22.6 Å². The summed E-state index contributed by atoms with van der Waals surface area (Å²) >= 11 is 0. The van der Waals surface area contributed by atoms with Crippen LogP contribution in [0.1, 0.15) is 11.1 Å². The second kappa shape index (κ2) is 3.10. The molecule has 0 aliphatic carbocycles. The third kappa shape index (κ3) is 1.14. The number of pyridine rings is 2. The van der Waals surface area contributed by atoms with Crippen molar-refractivity contribution < 1.29 is 0 Å². The fourth-order valence-electron chi connectivity index (χ4n) is 2.35. The summed E-state index contributed by atoms with van der Waals surface area (Å²) in [6.07, 6.45) is 4.05. The molecule has 0 saturated heterocycles. The van der Waals surface area contributed by atoms with Crippen LogP contribution in [0.25, 0.3) is 22.6 Å². The van der Waals surface area contributed by atoms with Crippen molar-refractivity contribution in [2.75, 3.05) is 0 Å². The third-order valence-corrected chi connectivity index (χ3v) is 3.28. The van der Waals surface area contributed by atoms with Crippen LogP contribution < -0.4 is 0 Å². The lowest BCUT2D eigenvalue weighted by molar-refractivity contribution is 1.14. The van der Waals surface area contributed by atoms with E-state index in [4.69, 9.17) is 0 Å². The average molecular weight is 236 g/mol. The number of rotatable bonds is 0. The Bertz CT molecular complexity index is 822. The van der Waals surface area contributed by atoms with E-state index in [-0.39, 0.29) is 0 Å². The van der Waals surface area contributed by atoms with Crippen LogP contribution in [0, 0.1) is 13.8 Å². The summed E-state index contributed by atoms with van der Waals surface area (Å²) in [6.45, 7) is 4.14. The Morgan fingerprint density at radius 2 is 1.22 bits per heavy atom. The van der Waals surface area contributed by atoms with Crippen LogP contribution in [0.2, 0.25) is 0 Å². The maximum atomic E-state index is 4.66. The quantitative estimate of drug-likeness (QED) is 0.470. The molecule has 0 fully saturated rings. The van der Waals surface area contributed by atoms with E-state index in [1.54, 1.807) is 0 Å². The zero-order valence-electron chi connectivity index (χ0n) is 10.3. The minimum Gasteiger partial charge on any atom is -0.283 e. The van der Waals surface area contributed by atoms with Gasteiger partial charge in [-0.2, -0.15) is 0 Å². The molecule has 4 aromatic rings. The molecule has 4 aromatic heterocycles. The lowest BCUT2D eigenvalue weighted by Crippen LogP contribution is -1.87.